The minimum atomic E-state index is -2.43. The molecular weight excluding hydrogens is 271 g/mol. The summed E-state index contributed by atoms with van der Waals surface area (Å²) >= 11 is 5.49. The first-order valence-corrected chi connectivity index (χ1v) is 12.0. The highest BCUT2D eigenvalue weighted by molar-refractivity contribution is 8.13. The number of hydrogen-bond acceptors (Lipinski definition) is 4. The van der Waals surface area contributed by atoms with Crippen LogP contribution in [0.1, 0.15) is 13.8 Å². The van der Waals surface area contributed by atoms with Crippen LogP contribution in [0, 0.1) is 0 Å². The summed E-state index contributed by atoms with van der Waals surface area (Å²) in [6.07, 6.45) is 0. The van der Waals surface area contributed by atoms with Crippen LogP contribution in [0.5, 0.6) is 0 Å². The van der Waals surface area contributed by atoms with Crippen LogP contribution in [0.2, 0.25) is 19.6 Å². The first-order chi connectivity index (χ1) is 7.83. The monoisotopic (exact) mass is 292 g/mol. The van der Waals surface area contributed by atoms with Crippen LogP contribution in [0.15, 0.2) is 16.5 Å². The molecule has 0 radical (unpaired) electrons. The van der Waals surface area contributed by atoms with Crippen molar-refractivity contribution in [2.45, 2.75) is 33.5 Å². The predicted octanol–water partition coefficient (Wildman–Crippen LogP) is 2.83. The number of furan rings is 1. The molecule has 0 amide bonds. The van der Waals surface area contributed by atoms with Crippen molar-refractivity contribution in [1.29, 1.82) is 0 Å². The van der Waals surface area contributed by atoms with Crippen molar-refractivity contribution >= 4 is 37.3 Å². The van der Waals surface area contributed by atoms with Gasteiger partial charge < -0.3 is 13.5 Å². The lowest BCUT2D eigenvalue weighted by Gasteiger charge is -2.19. The highest BCUT2D eigenvalue weighted by Gasteiger charge is 2.28. The van der Waals surface area contributed by atoms with Crippen molar-refractivity contribution in [2.75, 3.05) is 13.2 Å². The van der Waals surface area contributed by atoms with E-state index >= 15 is 0 Å². The van der Waals surface area contributed by atoms with Crippen LogP contribution in [0.3, 0.4) is 0 Å². The zero-order chi connectivity index (χ0) is 13.1. The molecule has 98 valence electrons. The van der Waals surface area contributed by atoms with E-state index in [0.29, 0.717) is 18.7 Å². The van der Waals surface area contributed by atoms with Gasteiger partial charge in [0, 0.05) is 0 Å². The van der Waals surface area contributed by atoms with E-state index in [1.165, 1.54) is 0 Å². The Labute approximate surface area is 110 Å². The summed E-state index contributed by atoms with van der Waals surface area (Å²) in [5.41, 5.74) is 0.689. The van der Waals surface area contributed by atoms with E-state index in [9.17, 15) is 0 Å². The van der Waals surface area contributed by atoms with Gasteiger partial charge in [-0.05, 0) is 37.8 Å². The van der Waals surface area contributed by atoms with E-state index in [0.717, 1.165) is 5.38 Å². The smallest absolute Gasteiger partial charge is 0.254 e. The number of hydrogen-bond donors (Lipinski definition) is 0. The van der Waals surface area contributed by atoms with E-state index in [1.807, 2.05) is 26.0 Å². The molecule has 0 aliphatic rings. The highest BCUT2D eigenvalue weighted by Crippen LogP contribution is 2.47. The van der Waals surface area contributed by atoms with Gasteiger partial charge in [-0.25, -0.2) is 0 Å². The molecule has 1 heterocycles. The molecule has 0 aromatic carbocycles. The molecule has 0 unspecified atom stereocenters. The van der Waals surface area contributed by atoms with Gasteiger partial charge in [-0.1, -0.05) is 19.6 Å². The number of rotatable bonds is 6. The maximum Gasteiger partial charge on any atom is 0.254 e. The Balaban J connectivity index is 3.04. The Bertz CT molecular complexity index is 401. The fourth-order valence-corrected chi connectivity index (χ4v) is 4.87. The summed E-state index contributed by atoms with van der Waals surface area (Å²) < 4.78 is 17.1. The van der Waals surface area contributed by atoms with E-state index < -0.39 is 14.6 Å². The summed E-state index contributed by atoms with van der Waals surface area (Å²) in [4.78, 5) is 0. The zero-order valence-corrected chi connectivity index (χ0v) is 13.9. The van der Waals surface area contributed by atoms with Crippen LogP contribution >= 0.6 is 6.49 Å². The normalized spacial score (nSPS) is 13.0. The first-order valence-electron chi connectivity index (χ1n) is 5.83. The van der Waals surface area contributed by atoms with Gasteiger partial charge in [0.25, 0.3) is 6.49 Å². The van der Waals surface area contributed by atoms with Crippen molar-refractivity contribution in [3.05, 3.63) is 12.1 Å². The molecule has 1 rings (SSSR count). The lowest BCUT2D eigenvalue weighted by molar-refractivity contribution is 0.271. The summed E-state index contributed by atoms with van der Waals surface area (Å²) in [5.74, 6) is 0. The van der Waals surface area contributed by atoms with Crippen LogP contribution in [0.25, 0.3) is 0 Å². The van der Waals surface area contributed by atoms with Crippen LogP contribution in [-0.2, 0) is 20.9 Å². The minimum Gasteiger partial charge on any atom is -0.461 e. The SMILES string of the molecule is CCOP(=S)(OCC)c1ccc([Si](C)(C)C)o1. The summed E-state index contributed by atoms with van der Waals surface area (Å²) in [5, 5.41) is 1.04. The maximum absolute atomic E-state index is 5.88. The van der Waals surface area contributed by atoms with Gasteiger partial charge in [0.15, 0.2) is 5.50 Å². The molecular formula is C11H21O3PSSi. The first kappa shape index (κ1) is 15.1. The zero-order valence-electron chi connectivity index (χ0n) is 11.1. The molecule has 17 heavy (non-hydrogen) atoms. The van der Waals surface area contributed by atoms with Crippen LogP contribution in [0.4, 0.5) is 0 Å². The van der Waals surface area contributed by atoms with Gasteiger partial charge in [0.1, 0.15) is 8.07 Å². The Morgan fingerprint density at radius 2 is 1.71 bits per heavy atom. The molecule has 0 fully saturated rings. The molecule has 0 atom stereocenters. The topological polar surface area (TPSA) is 31.6 Å². The molecule has 3 nitrogen and oxygen atoms in total. The third-order valence-electron chi connectivity index (χ3n) is 2.20. The van der Waals surface area contributed by atoms with Gasteiger partial charge in [-0.2, -0.15) is 0 Å². The van der Waals surface area contributed by atoms with E-state index in [2.05, 4.69) is 19.6 Å². The molecule has 0 spiro atoms. The van der Waals surface area contributed by atoms with E-state index in [1.54, 1.807) is 0 Å². The Kier molecular flexibility index (Phi) is 5.16. The summed E-state index contributed by atoms with van der Waals surface area (Å²) in [6.45, 7) is 9.20. The standard InChI is InChI=1S/C11H21O3PSSi/c1-6-12-15(16,13-7-2)10-8-9-11(14-10)17(3,4)5/h8-9H,6-7H2,1-5H3. The van der Waals surface area contributed by atoms with Crippen molar-refractivity contribution in [2.24, 2.45) is 0 Å². The van der Waals surface area contributed by atoms with Gasteiger partial charge in [0.05, 0.1) is 18.6 Å². The molecule has 0 saturated heterocycles. The van der Waals surface area contributed by atoms with Crippen molar-refractivity contribution in [1.82, 2.24) is 0 Å². The largest absolute Gasteiger partial charge is 0.461 e. The maximum atomic E-state index is 5.88. The summed E-state index contributed by atoms with van der Waals surface area (Å²) in [6, 6.07) is 3.93. The molecule has 0 bridgehead atoms. The lowest BCUT2D eigenvalue weighted by Crippen LogP contribution is -2.36. The average Bonchev–Trinajstić information content (AvgIpc) is 2.66. The second kappa shape index (κ2) is 5.80. The highest BCUT2D eigenvalue weighted by atomic mass is 32.5. The van der Waals surface area contributed by atoms with Crippen LogP contribution in [-0.4, -0.2) is 21.3 Å². The molecule has 6 heteroatoms. The van der Waals surface area contributed by atoms with Crippen molar-refractivity contribution < 1.29 is 13.5 Å². The minimum absolute atomic E-state index is 0.542. The molecule has 0 saturated carbocycles. The van der Waals surface area contributed by atoms with Gasteiger partial charge in [-0.15, -0.1) is 0 Å². The van der Waals surface area contributed by atoms with Crippen LogP contribution < -0.4 is 10.9 Å². The molecule has 0 aliphatic heterocycles. The second-order valence-electron chi connectivity index (χ2n) is 4.72. The van der Waals surface area contributed by atoms with Crippen molar-refractivity contribution in [3.63, 3.8) is 0 Å². The van der Waals surface area contributed by atoms with Gasteiger partial charge >= 0.3 is 0 Å². The fraction of sp³-hybridized carbons (Fsp3) is 0.636. The quantitative estimate of drug-likeness (QED) is 0.596. The predicted molar refractivity (Wildman–Crippen MR) is 78.9 cm³/mol. The molecule has 0 aliphatic carbocycles. The van der Waals surface area contributed by atoms with Crippen molar-refractivity contribution in [3.8, 4) is 0 Å². The summed E-state index contributed by atoms with van der Waals surface area (Å²) in [7, 11) is -1.44. The average molecular weight is 292 g/mol. The second-order valence-corrected chi connectivity index (χ2v) is 13.1. The van der Waals surface area contributed by atoms with Gasteiger partial charge in [0.2, 0.25) is 0 Å². The third kappa shape index (κ3) is 3.76. The van der Waals surface area contributed by atoms with E-state index in [4.69, 9.17) is 25.3 Å². The third-order valence-corrected chi connectivity index (χ3v) is 7.09. The molecule has 1 aromatic heterocycles. The van der Waals surface area contributed by atoms with E-state index in [-0.39, 0.29) is 0 Å². The molecule has 0 N–H and O–H groups in total. The fourth-order valence-electron chi connectivity index (χ4n) is 1.38. The Morgan fingerprint density at radius 3 is 2.06 bits per heavy atom. The lowest BCUT2D eigenvalue weighted by atomic mass is 10.7. The molecule has 1 aromatic rings. The van der Waals surface area contributed by atoms with Gasteiger partial charge in [-0.3, -0.25) is 0 Å². The Hall–Kier alpha value is 0.0669. The Morgan fingerprint density at radius 1 is 1.18 bits per heavy atom.